The first kappa shape index (κ1) is 20.6. The minimum atomic E-state index is 0. The molecule has 4 nitrogen and oxygen atoms in total. The van der Waals surface area contributed by atoms with Gasteiger partial charge >= 0.3 is 0 Å². The molecule has 6 heteroatoms. The number of nitrogens with zero attached hydrogens (tertiary/aromatic N) is 2. The second-order valence-corrected chi connectivity index (χ2v) is 6.19. The summed E-state index contributed by atoms with van der Waals surface area (Å²) in [4.78, 5) is 9.25. The van der Waals surface area contributed by atoms with E-state index in [1.165, 1.54) is 5.01 Å². The number of thiazole rings is 1. The maximum absolute atomic E-state index is 4.64. The molecule has 0 bridgehead atoms. The minimum Gasteiger partial charge on any atom is -0.357 e. The topological polar surface area (TPSA) is 49.3 Å². The van der Waals surface area contributed by atoms with E-state index in [0.29, 0.717) is 12.0 Å². The number of nitrogens with one attached hydrogen (secondary N) is 2. The van der Waals surface area contributed by atoms with Gasteiger partial charge in [0.05, 0.1) is 10.7 Å². The van der Waals surface area contributed by atoms with Crippen LogP contribution in [0.5, 0.6) is 0 Å². The van der Waals surface area contributed by atoms with Gasteiger partial charge in [-0.2, -0.15) is 0 Å². The Labute approximate surface area is 150 Å². The van der Waals surface area contributed by atoms with E-state index in [1.807, 2.05) is 0 Å². The van der Waals surface area contributed by atoms with Crippen LogP contribution in [0.2, 0.25) is 0 Å². The molecule has 0 saturated carbocycles. The first-order valence-electron chi connectivity index (χ1n) is 7.55. The van der Waals surface area contributed by atoms with Crippen molar-refractivity contribution in [3.63, 3.8) is 0 Å². The van der Waals surface area contributed by atoms with E-state index in [4.69, 9.17) is 0 Å². The summed E-state index contributed by atoms with van der Waals surface area (Å²) in [5.41, 5.74) is 1.15. The van der Waals surface area contributed by atoms with Crippen molar-refractivity contribution in [1.29, 1.82) is 0 Å². The van der Waals surface area contributed by atoms with Gasteiger partial charge in [-0.1, -0.05) is 20.8 Å². The summed E-state index contributed by atoms with van der Waals surface area (Å²) in [5.74, 6) is 1.42. The van der Waals surface area contributed by atoms with Crippen molar-refractivity contribution >= 4 is 41.3 Å². The fraction of sp³-hybridized carbons (Fsp3) is 0.733. The molecule has 0 aliphatic carbocycles. The van der Waals surface area contributed by atoms with Gasteiger partial charge in [-0.3, -0.25) is 4.99 Å². The lowest BCUT2D eigenvalue weighted by molar-refractivity contribution is 0.624. The molecule has 0 aliphatic rings. The lowest BCUT2D eigenvalue weighted by Gasteiger charge is -2.15. The first-order valence-corrected chi connectivity index (χ1v) is 8.43. The average Bonchev–Trinajstić information content (AvgIpc) is 2.87. The Balaban J connectivity index is 0.00000400. The van der Waals surface area contributed by atoms with Gasteiger partial charge < -0.3 is 10.6 Å². The summed E-state index contributed by atoms with van der Waals surface area (Å²) in [5, 5.41) is 10.0. The van der Waals surface area contributed by atoms with E-state index in [2.05, 4.69) is 60.6 Å². The van der Waals surface area contributed by atoms with Crippen LogP contribution in [-0.4, -0.2) is 30.1 Å². The third kappa shape index (κ3) is 7.99. The summed E-state index contributed by atoms with van der Waals surface area (Å²) in [7, 11) is 0. The zero-order chi connectivity index (χ0) is 15.0. The Morgan fingerprint density at radius 3 is 2.57 bits per heavy atom. The number of guanidine groups is 1. The molecule has 0 aromatic carbocycles. The van der Waals surface area contributed by atoms with Crippen LogP contribution in [0.25, 0.3) is 0 Å². The molecule has 1 rings (SSSR count). The normalized spacial score (nSPS) is 13.0. The Kier molecular flexibility index (Phi) is 11.0. The highest BCUT2D eigenvalue weighted by Gasteiger charge is 2.06. The number of halogens is 1. The van der Waals surface area contributed by atoms with Gasteiger partial charge in [0.25, 0.3) is 0 Å². The van der Waals surface area contributed by atoms with E-state index in [1.54, 1.807) is 11.3 Å². The molecule has 0 fully saturated rings. The van der Waals surface area contributed by atoms with Gasteiger partial charge in [0.15, 0.2) is 5.96 Å². The van der Waals surface area contributed by atoms with Crippen LogP contribution in [0.3, 0.4) is 0 Å². The van der Waals surface area contributed by atoms with Crippen LogP contribution in [0.1, 0.15) is 57.7 Å². The number of aliphatic imine (C=N–C) groups is 1. The Bertz CT molecular complexity index is 418. The van der Waals surface area contributed by atoms with Crippen molar-refractivity contribution in [3.05, 3.63) is 16.1 Å². The molecule has 0 radical (unpaired) electrons. The molecule has 1 unspecified atom stereocenters. The van der Waals surface area contributed by atoms with Crippen molar-refractivity contribution in [3.8, 4) is 0 Å². The third-order valence-electron chi connectivity index (χ3n) is 3.04. The average molecular weight is 424 g/mol. The molecule has 0 amide bonds. The third-order valence-corrected chi connectivity index (χ3v) is 4.24. The lowest BCUT2D eigenvalue weighted by atomic mass is 10.2. The quantitative estimate of drug-likeness (QED) is 0.398. The van der Waals surface area contributed by atoms with Crippen LogP contribution < -0.4 is 10.6 Å². The minimum absolute atomic E-state index is 0. The highest BCUT2D eigenvalue weighted by atomic mass is 127. The van der Waals surface area contributed by atoms with Gasteiger partial charge in [-0.25, -0.2) is 4.98 Å². The summed E-state index contributed by atoms with van der Waals surface area (Å²) >= 11 is 1.75. The van der Waals surface area contributed by atoms with Crippen LogP contribution in [0, 0.1) is 0 Å². The zero-order valence-corrected chi connectivity index (χ0v) is 16.9. The Morgan fingerprint density at radius 2 is 2.05 bits per heavy atom. The zero-order valence-electron chi connectivity index (χ0n) is 13.8. The van der Waals surface area contributed by atoms with Gasteiger partial charge in [-0.05, 0) is 20.3 Å². The molecule has 1 aromatic heterocycles. The summed E-state index contributed by atoms with van der Waals surface area (Å²) in [6.07, 6.45) is 1.99. The summed E-state index contributed by atoms with van der Waals surface area (Å²) < 4.78 is 0. The summed E-state index contributed by atoms with van der Waals surface area (Å²) in [6, 6.07) is 0.444. The molecule has 0 aliphatic heterocycles. The van der Waals surface area contributed by atoms with Crippen LogP contribution in [0.15, 0.2) is 10.4 Å². The molecule has 1 heterocycles. The highest BCUT2D eigenvalue weighted by molar-refractivity contribution is 14.0. The van der Waals surface area contributed by atoms with Gasteiger partial charge in [0.1, 0.15) is 0 Å². The monoisotopic (exact) mass is 424 g/mol. The second-order valence-electron chi connectivity index (χ2n) is 5.30. The lowest BCUT2D eigenvalue weighted by Crippen LogP contribution is -2.42. The molecule has 122 valence electrons. The maximum Gasteiger partial charge on any atom is 0.191 e. The number of hydrogen-bond donors (Lipinski definition) is 2. The van der Waals surface area contributed by atoms with Crippen LogP contribution in [-0.2, 0) is 6.42 Å². The fourth-order valence-electron chi connectivity index (χ4n) is 1.64. The van der Waals surface area contributed by atoms with E-state index < -0.39 is 0 Å². The Hall–Kier alpha value is -0.370. The molecular weight excluding hydrogens is 395 g/mol. The Morgan fingerprint density at radius 1 is 1.33 bits per heavy atom. The maximum atomic E-state index is 4.64. The van der Waals surface area contributed by atoms with E-state index in [0.717, 1.165) is 37.6 Å². The molecule has 2 N–H and O–H groups in total. The predicted octanol–water partition coefficient (Wildman–Crippen LogP) is 3.78. The molecule has 1 aromatic rings. The molecule has 0 spiro atoms. The van der Waals surface area contributed by atoms with Crippen LogP contribution in [0.4, 0.5) is 0 Å². The standard InChI is InChI=1S/C15H28N4S.HI/c1-6-12(5)18-15(16-7-2)17-9-8-13-10-20-14(19-13)11(3)4;/h10-12H,6-9H2,1-5H3,(H2,16,17,18);1H. The number of rotatable bonds is 7. The van der Waals surface area contributed by atoms with Gasteiger partial charge in [0.2, 0.25) is 0 Å². The fourth-order valence-corrected chi connectivity index (χ4v) is 2.51. The molecule has 21 heavy (non-hydrogen) atoms. The first-order chi connectivity index (χ1) is 9.56. The van der Waals surface area contributed by atoms with Crippen LogP contribution >= 0.6 is 35.3 Å². The molecule has 1 atom stereocenters. The van der Waals surface area contributed by atoms with Crippen molar-refractivity contribution in [2.75, 3.05) is 13.1 Å². The van der Waals surface area contributed by atoms with E-state index >= 15 is 0 Å². The largest absolute Gasteiger partial charge is 0.357 e. The predicted molar refractivity (Wildman–Crippen MR) is 104 cm³/mol. The van der Waals surface area contributed by atoms with Crippen molar-refractivity contribution in [2.45, 2.75) is 59.4 Å². The van der Waals surface area contributed by atoms with Crippen molar-refractivity contribution in [2.24, 2.45) is 4.99 Å². The van der Waals surface area contributed by atoms with Crippen molar-refractivity contribution < 1.29 is 0 Å². The smallest absolute Gasteiger partial charge is 0.191 e. The van der Waals surface area contributed by atoms with E-state index in [-0.39, 0.29) is 24.0 Å². The van der Waals surface area contributed by atoms with Gasteiger partial charge in [-0.15, -0.1) is 35.3 Å². The van der Waals surface area contributed by atoms with Gasteiger partial charge in [0, 0.05) is 36.9 Å². The number of aromatic nitrogens is 1. The highest BCUT2D eigenvalue weighted by Crippen LogP contribution is 2.19. The van der Waals surface area contributed by atoms with Crippen molar-refractivity contribution in [1.82, 2.24) is 15.6 Å². The molecular formula is C15H29IN4S. The van der Waals surface area contributed by atoms with E-state index in [9.17, 15) is 0 Å². The number of hydrogen-bond acceptors (Lipinski definition) is 3. The summed E-state index contributed by atoms with van der Waals surface area (Å²) in [6.45, 7) is 12.4. The second kappa shape index (κ2) is 11.2. The molecule has 0 saturated heterocycles. The SMILES string of the molecule is CCNC(=NCCc1csc(C(C)C)n1)NC(C)CC.I.